The molecular formula is C8H17IN2O2S. The number of piperazine rings is 1. The second-order valence-electron chi connectivity index (χ2n) is 3.98. The fourth-order valence-corrected chi connectivity index (χ4v) is 3.67. The first kappa shape index (κ1) is 12.7. The first-order chi connectivity index (χ1) is 6.32. The summed E-state index contributed by atoms with van der Waals surface area (Å²) in [7, 11) is -3.03. The molecule has 0 radical (unpaired) electrons. The van der Waals surface area contributed by atoms with Gasteiger partial charge in [0.25, 0.3) is 7.19 Å². The highest BCUT2D eigenvalue weighted by Crippen LogP contribution is 2.18. The maximum atomic E-state index is 11.3. The van der Waals surface area contributed by atoms with Crippen LogP contribution in [0.5, 0.6) is 0 Å². The average Bonchev–Trinajstić information content (AvgIpc) is 2.01. The van der Waals surface area contributed by atoms with Gasteiger partial charge in [-0.05, 0) is 20.8 Å². The molecule has 14 heavy (non-hydrogen) atoms. The van der Waals surface area contributed by atoms with E-state index < -0.39 is 7.19 Å². The Labute approximate surface area is 98.3 Å². The topological polar surface area (TPSA) is 40.6 Å². The van der Waals surface area contributed by atoms with E-state index in [0.29, 0.717) is 25.2 Å². The van der Waals surface area contributed by atoms with E-state index in [9.17, 15) is 8.42 Å². The number of nitrogens with zero attached hydrogens (tertiary/aromatic N) is 2. The van der Waals surface area contributed by atoms with Gasteiger partial charge in [0.15, 0.2) is 0 Å². The van der Waals surface area contributed by atoms with Crippen LogP contribution >= 0.6 is 21.2 Å². The largest absolute Gasteiger partial charge is 0.296 e. The van der Waals surface area contributed by atoms with E-state index in [-0.39, 0.29) is 0 Å². The van der Waals surface area contributed by atoms with Gasteiger partial charge in [-0.25, -0.2) is 8.42 Å². The van der Waals surface area contributed by atoms with Gasteiger partial charge in [0.2, 0.25) is 0 Å². The van der Waals surface area contributed by atoms with Crippen LogP contribution in [0.4, 0.5) is 0 Å². The highest BCUT2D eigenvalue weighted by Gasteiger charge is 2.30. The Morgan fingerprint density at radius 2 is 1.93 bits per heavy atom. The molecule has 0 aliphatic carbocycles. The molecule has 1 fully saturated rings. The normalized spacial score (nSPS) is 27.1. The highest BCUT2D eigenvalue weighted by atomic mass is 127. The van der Waals surface area contributed by atoms with Crippen LogP contribution in [0.15, 0.2) is 0 Å². The third kappa shape index (κ3) is 3.04. The lowest BCUT2D eigenvalue weighted by Crippen LogP contribution is -2.54. The first-order valence-electron chi connectivity index (χ1n) is 4.78. The van der Waals surface area contributed by atoms with Crippen molar-refractivity contribution in [3.63, 3.8) is 0 Å². The predicted molar refractivity (Wildman–Crippen MR) is 65.8 cm³/mol. The van der Waals surface area contributed by atoms with Gasteiger partial charge >= 0.3 is 0 Å². The summed E-state index contributed by atoms with van der Waals surface area (Å²) in [5.74, 6) is 0. The standard InChI is InChI=1S/C8H17IN2O2S/c1-7(2)11-5-4-10(6-8(11)3)14(9,12)13/h7-8H,4-6H2,1-3H3/t8-/m1/s1. The van der Waals surface area contributed by atoms with Gasteiger partial charge in [0.1, 0.15) is 0 Å². The summed E-state index contributed by atoms with van der Waals surface area (Å²) in [4.78, 5) is 2.33. The number of halogens is 1. The lowest BCUT2D eigenvalue weighted by atomic mass is 10.2. The zero-order chi connectivity index (χ0) is 10.9. The van der Waals surface area contributed by atoms with Crippen LogP contribution in [0.3, 0.4) is 0 Å². The molecule has 1 aliphatic heterocycles. The second-order valence-corrected chi connectivity index (χ2v) is 8.66. The Bertz CT molecular complexity index is 292. The third-order valence-corrected chi connectivity index (χ3v) is 5.23. The third-order valence-electron chi connectivity index (χ3n) is 2.61. The van der Waals surface area contributed by atoms with Crippen molar-refractivity contribution in [3.8, 4) is 0 Å². The van der Waals surface area contributed by atoms with Crippen molar-refractivity contribution in [2.24, 2.45) is 0 Å². The summed E-state index contributed by atoms with van der Waals surface area (Å²) in [5, 5.41) is 0. The molecule has 0 saturated carbocycles. The summed E-state index contributed by atoms with van der Waals surface area (Å²) in [6.07, 6.45) is 0. The van der Waals surface area contributed by atoms with E-state index in [1.54, 1.807) is 4.31 Å². The molecule has 0 unspecified atom stereocenters. The fourth-order valence-electron chi connectivity index (χ4n) is 1.90. The molecule has 0 N–H and O–H groups in total. The smallest absolute Gasteiger partial charge is 0.267 e. The molecule has 0 amide bonds. The van der Waals surface area contributed by atoms with Crippen LogP contribution in [0.2, 0.25) is 0 Å². The molecule has 0 aromatic carbocycles. The minimum atomic E-state index is -3.03. The molecule has 6 heteroatoms. The van der Waals surface area contributed by atoms with Gasteiger partial charge in [-0.1, -0.05) is 0 Å². The number of hydrogen-bond acceptors (Lipinski definition) is 3. The van der Waals surface area contributed by atoms with Crippen LogP contribution in [-0.4, -0.2) is 49.3 Å². The molecule has 0 spiro atoms. The predicted octanol–water partition coefficient (Wildman–Crippen LogP) is 1.08. The SMILES string of the molecule is CC(C)N1CCN(S(=O)(=O)I)C[C@H]1C. The van der Waals surface area contributed by atoms with E-state index in [4.69, 9.17) is 0 Å². The zero-order valence-electron chi connectivity index (χ0n) is 8.77. The number of rotatable bonds is 2. The highest BCUT2D eigenvalue weighted by molar-refractivity contribution is 14.2. The molecular weight excluding hydrogens is 315 g/mol. The molecule has 1 atom stereocenters. The van der Waals surface area contributed by atoms with Crippen molar-refractivity contribution >= 4 is 28.4 Å². The van der Waals surface area contributed by atoms with Crippen molar-refractivity contribution in [1.29, 1.82) is 0 Å². The molecule has 0 bridgehead atoms. The zero-order valence-corrected chi connectivity index (χ0v) is 11.7. The summed E-state index contributed by atoms with van der Waals surface area (Å²) >= 11 is 1.51. The Hall–Kier alpha value is 0.600. The summed E-state index contributed by atoms with van der Waals surface area (Å²) in [5.41, 5.74) is 0. The summed E-state index contributed by atoms with van der Waals surface area (Å²) in [6.45, 7) is 8.43. The van der Waals surface area contributed by atoms with Crippen molar-refractivity contribution in [2.45, 2.75) is 32.9 Å². The molecule has 1 saturated heterocycles. The first-order valence-corrected chi connectivity index (χ1v) is 8.76. The van der Waals surface area contributed by atoms with Gasteiger partial charge in [0.05, 0.1) is 21.2 Å². The second kappa shape index (κ2) is 4.63. The van der Waals surface area contributed by atoms with E-state index in [1.165, 1.54) is 21.2 Å². The molecule has 1 aliphatic rings. The van der Waals surface area contributed by atoms with E-state index in [0.717, 1.165) is 6.54 Å². The van der Waals surface area contributed by atoms with Gasteiger partial charge in [-0.3, -0.25) is 4.90 Å². The molecule has 0 aromatic rings. The van der Waals surface area contributed by atoms with Gasteiger partial charge < -0.3 is 0 Å². The molecule has 1 heterocycles. The van der Waals surface area contributed by atoms with Gasteiger partial charge in [-0.15, -0.1) is 0 Å². The van der Waals surface area contributed by atoms with E-state index in [2.05, 4.69) is 25.7 Å². The van der Waals surface area contributed by atoms with Crippen LogP contribution in [-0.2, 0) is 7.19 Å². The lowest BCUT2D eigenvalue weighted by Gasteiger charge is -2.40. The van der Waals surface area contributed by atoms with Gasteiger partial charge in [-0.2, -0.15) is 4.31 Å². The Kier molecular flexibility index (Phi) is 4.19. The molecule has 0 aromatic heterocycles. The lowest BCUT2D eigenvalue weighted by molar-refractivity contribution is 0.0994. The van der Waals surface area contributed by atoms with Crippen molar-refractivity contribution < 1.29 is 8.42 Å². The van der Waals surface area contributed by atoms with Crippen molar-refractivity contribution in [1.82, 2.24) is 9.21 Å². The van der Waals surface area contributed by atoms with Crippen LogP contribution < -0.4 is 0 Å². The van der Waals surface area contributed by atoms with E-state index in [1.807, 2.05) is 0 Å². The molecule has 1 rings (SSSR count). The average molecular weight is 332 g/mol. The molecule has 84 valence electrons. The summed E-state index contributed by atoms with van der Waals surface area (Å²) in [6, 6.07) is 0.803. The summed E-state index contributed by atoms with van der Waals surface area (Å²) < 4.78 is 24.2. The molecule has 4 nitrogen and oxygen atoms in total. The van der Waals surface area contributed by atoms with Gasteiger partial charge in [0, 0.05) is 31.7 Å². The minimum Gasteiger partial charge on any atom is -0.296 e. The maximum Gasteiger partial charge on any atom is 0.267 e. The van der Waals surface area contributed by atoms with Crippen molar-refractivity contribution in [2.75, 3.05) is 19.6 Å². The van der Waals surface area contributed by atoms with E-state index >= 15 is 0 Å². The number of hydrogen-bond donors (Lipinski definition) is 0. The minimum absolute atomic E-state index is 0.313. The van der Waals surface area contributed by atoms with Crippen LogP contribution in [0, 0.1) is 0 Å². The van der Waals surface area contributed by atoms with Crippen LogP contribution in [0.1, 0.15) is 20.8 Å². The quantitative estimate of drug-likeness (QED) is 0.561. The Morgan fingerprint density at radius 1 is 1.36 bits per heavy atom. The monoisotopic (exact) mass is 332 g/mol. The Morgan fingerprint density at radius 3 is 2.29 bits per heavy atom. The maximum absolute atomic E-state index is 11.3. The fraction of sp³-hybridized carbons (Fsp3) is 1.00. The Balaban J connectivity index is 2.64. The van der Waals surface area contributed by atoms with Crippen molar-refractivity contribution in [3.05, 3.63) is 0 Å². The van der Waals surface area contributed by atoms with Crippen LogP contribution in [0.25, 0.3) is 0 Å².